The second kappa shape index (κ2) is 7.73. The first-order valence-electron chi connectivity index (χ1n) is 6.62. The summed E-state index contributed by atoms with van der Waals surface area (Å²) in [5, 5.41) is 0. The van der Waals surface area contributed by atoms with Crippen LogP contribution in [-0.2, 0) is 29.2 Å². The Hall–Kier alpha value is -1.95. The standard InChI is InChI=1S/C15H19FO5/c1-4-20-13(17)15(10-19-3,14(18)21-5-2)11-7-6-8-12(16)9-11/h6-9H,4-5,10H2,1-3H3. The maximum absolute atomic E-state index is 13.5. The molecule has 1 aromatic carbocycles. The van der Waals surface area contributed by atoms with Gasteiger partial charge in [0.05, 0.1) is 19.8 Å². The number of carbonyl (C=O) groups excluding carboxylic acids is 2. The largest absolute Gasteiger partial charge is 0.465 e. The first-order valence-corrected chi connectivity index (χ1v) is 6.62. The van der Waals surface area contributed by atoms with Crippen LogP contribution in [0.2, 0.25) is 0 Å². The minimum atomic E-state index is -1.83. The number of methoxy groups -OCH3 is 1. The number of carbonyl (C=O) groups is 2. The van der Waals surface area contributed by atoms with Gasteiger partial charge in [0.25, 0.3) is 0 Å². The van der Waals surface area contributed by atoms with E-state index < -0.39 is 23.2 Å². The van der Waals surface area contributed by atoms with Crippen molar-refractivity contribution < 1.29 is 28.2 Å². The van der Waals surface area contributed by atoms with Crippen molar-refractivity contribution in [3.8, 4) is 0 Å². The zero-order valence-corrected chi connectivity index (χ0v) is 12.3. The van der Waals surface area contributed by atoms with Crippen molar-refractivity contribution in [1.82, 2.24) is 0 Å². The number of hydrogen-bond acceptors (Lipinski definition) is 5. The van der Waals surface area contributed by atoms with Gasteiger partial charge in [0.1, 0.15) is 5.82 Å². The van der Waals surface area contributed by atoms with Crippen molar-refractivity contribution in [2.45, 2.75) is 19.3 Å². The summed E-state index contributed by atoms with van der Waals surface area (Å²) in [5.74, 6) is -2.21. The molecule has 0 aromatic heterocycles. The highest BCUT2D eigenvalue weighted by molar-refractivity contribution is 6.06. The van der Waals surface area contributed by atoms with Crippen LogP contribution in [0.15, 0.2) is 24.3 Å². The average molecular weight is 298 g/mol. The molecule has 0 saturated heterocycles. The second-order valence-corrected chi connectivity index (χ2v) is 4.29. The van der Waals surface area contributed by atoms with Crippen LogP contribution >= 0.6 is 0 Å². The first-order chi connectivity index (χ1) is 10.0. The molecule has 0 bridgehead atoms. The molecule has 0 radical (unpaired) electrons. The number of esters is 2. The second-order valence-electron chi connectivity index (χ2n) is 4.29. The highest BCUT2D eigenvalue weighted by Gasteiger charge is 2.51. The van der Waals surface area contributed by atoms with Crippen molar-refractivity contribution in [2.75, 3.05) is 26.9 Å². The van der Waals surface area contributed by atoms with Gasteiger partial charge < -0.3 is 14.2 Å². The van der Waals surface area contributed by atoms with Crippen molar-refractivity contribution in [1.29, 1.82) is 0 Å². The van der Waals surface area contributed by atoms with Crippen LogP contribution in [0.5, 0.6) is 0 Å². The van der Waals surface area contributed by atoms with Crippen molar-refractivity contribution in [3.63, 3.8) is 0 Å². The predicted octanol–water partition coefficient (Wildman–Crippen LogP) is 1.84. The summed E-state index contributed by atoms with van der Waals surface area (Å²) in [6, 6.07) is 5.20. The lowest BCUT2D eigenvalue weighted by atomic mass is 9.81. The van der Waals surface area contributed by atoms with Gasteiger partial charge >= 0.3 is 11.9 Å². The van der Waals surface area contributed by atoms with Gasteiger partial charge in [0.15, 0.2) is 0 Å². The Morgan fingerprint density at radius 1 is 1.14 bits per heavy atom. The lowest BCUT2D eigenvalue weighted by Crippen LogP contribution is -2.49. The highest BCUT2D eigenvalue weighted by Crippen LogP contribution is 2.29. The zero-order valence-electron chi connectivity index (χ0n) is 12.3. The van der Waals surface area contributed by atoms with E-state index in [4.69, 9.17) is 14.2 Å². The van der Waals surface area contributed by atoms with Gasteiger partial charge in [-0.1, -0.05) is 12.1 Å². The van der Waals surface area contributed by atoms with E-state index >= 15 is 0 Å². The third-order valence-electron chi connectivity index (χ3n) is 2.93. The molecule has 0 saturated carbocycles. The van der Waals surface area contributed by atoms with Crippen LogP contribution in [0.4, 0.5) is 4.39 Å². The first kappa shape index (κ1) is 17.1. The molecule has 0 atom stereocenters. The Morgan fingerprint density at radius 2 is 1.71 bits per heavy atom. The molecule has 0 spiro atoms. The van der Waals surface area contributed by atoms with Gasteiger partial charge in [0.2, 0.25) is 5.41 Å². The van der Waals surface area contributed by atoms with Crippen LogP contribution < -0.4 is 0 Å². The summed E-state index contributed by atoms with van der Waals surface area (Å²) in [6.07, 6.45) is 0. The minimum absolute atomic E-state index is 0.0824. The summed E-state index contributed by atoms with van der Waals surface area (Å²) in [4.78, 5) is 24.7. The van der Waals surface area contributed by atoms with E-state index in [9.17, 15) is 14.0 Å². The Bertz CT molecular complexity index is 483. The van der Waals surface area contributed by atoms with Gasteiger partial charge in [-0.25, -0.2) is 4.39 Å². The molecule has 1 aromatic rings. The maximum Gasteiger partial charge on any atom is 0.330 e. The van der Waals surface area contributed by atoms with Gasteiger partial charge in [-0.2, -0.15) is 0 Å². The van der Waals surface area contributed by atoms with Crippen molar-refractivity contribution in [2.24, 2.45) is 0 Å². The molecule has 5 nitrogen and oxygen atoms in total. The van der Waals surface area contributed by atoms with Gasteiger partial charge in [0, 0.05) is 7.11 Å². The monoisotopic (exact) mass is 298 g/mol. The van der Waals surface area contributed by atoms with Crippen LogP contribution in [0.1, 0.15) is 19.4 Å². The van der Waals surface area contributed by atoms with E-state index in [1.807, 2.05) is 0 Å². The molecule has 0 N–H and O–H groups in total. The van der Waals surface area contributed by atoms with Crippen LogP contribution in [0.25, 0.3) is 0 Å². The Balaban J connectivity index is 3.42. The summed E-state index contributed by atoms with van der Waals surface area (Å²) in [5.41, 5.74) is -1.69. The zero-order chi connectivity index (χ0) is 15.9. The van der Waals surface area contributed by atoms with Crippen LogP contribution in [0.3, 0.4) is 0 Å². The van der Waals surface area contributed by atoms with Gasteiger partial charge in [-0.3, -0.25) is 9.59 Å². The Kier molecular flexibility index (Phi) is 6.30. The molecule has 6 heteroatoms. The summed E-state index contributed by atoms with van der Waals surface area (Å²) >= 11 is 0. The SMILES string of the molecule is CCOC(=O)C(COC)(C(=O)OCC)c1cccc(F)c1. The van der Waals surface area contributed by atoms with E-state index in [-0.39, 0.29) is 25.4 Å². The minimum Gasteiger partial charge on any atom is -0.465 e. The molecule has 0 fully saturated rings. The molecule has 1 rings (SSSR count). The van der Waals surface area contributed by atoms with E-state index in [2.05, 4.69) is 0 Å². The smallest absolute Gasteiger partial charge is 0.330 e. The van der Waals surface area contributed by atoms with E-state index in [0.717, 1.165) is 6.07 Å². The average Bonchev–Trinajstić information content (AvgIpc) is 2.45. The van der Waals surface area contributed by atoms with Crippen LogP contribution in [-0.4, -0.2) is 38.9 Å². The molecule has 21 heavy (non-hydrogen) atoms. The normalized spacial score (nSPS) is 11.0. The summed E-state index contributed by atoms with van der Waals surface area (Å²) in [6.45, 7) is 3.10. The molecular weight excluding hydrogens is 279 g/mol. The lowest BCUT2D eigenvalue weighted by molar-refractivity contribution is -0.167. The van der Waals surface area contributed by atoms with Crippen molar-refractivity contribution in [3.05, 3.63) is 35.6 Å². The summed E-state index contributed by atoms with van der Waals surface area (Å²) in [7, 11) is 1.34. The predicted molar refractivity (Wildman–Crippen MR) is 73.2 cm³/mol. The molecule has 0 aliphatic carbocycles. The fourth-order valence-corrected chi connectivity index (χ4v) is 2.00. The molecule has 0 unspecified atom stereocenters. The number of rotatable bonds is 7. The highest BCUT2D eigenvalue weighted by atomic mass is 19.1. The third-order valence-corrected chi connectivity index (χ3v) is 2.93. The molecular formula is C15H19FO5. The number of ether oxygens (including phenoxy) is 3. The number of benzene rings is 1. The quantitative estimate of drug-likeness (QED) is 0.568. The van der Waals surface area contributed by atoms with Gasteiger partial charge in [-0.15, -0.1) is 0 Å². The third kappa shape index (κ3) is 3.58. The van der Waals surface area contributed by atoms with E-state index in [0.29, 0.717) is 0 Å². The maximum atomic E-state index is 13.5. The fraction of sp³-hybridized carbons (Fsp3) is 0.467. The molecule has 0 amide bonds. The van der Waals surface area contributed by atoms with E-state index in [1.54, 1.807) is 13.8 Å². The topological polar surface area (TPSA) is 61.8 Å². The molecule has 0 aliphatic rings. The van der Waals surface area contributed by atoms with E-state index in [1.165, 1.54) is 25.3 Å². The number of halogens is 1. The Morgan fingerprint density at radius 3 is 2.14 bits per heavy atom. The molecule has 0 aliphatic heterocycles. The van der Waals surface area contributed by atoms with Gasteiger partial charge in [-0.05, 0) is 31.5 Å². The van der Waals surface area contributed by atoms with Crippen LogP contribution in [0, 0.1) is 5.82 Å². The number of hydrogen-bond donors (Lipinski definition) is 0. The molecule has 116 valence electrons. The fourth-order valence-electron chi connectivity index (χ4n) is 2.00. The molecule has 0 heterocycles. The lowest BCUT2D eigenvalue weighted by Gasteiger charge is -2.28. The summed E-state index contributed by atoms with van der Waals surface area (Å²) < 4.78 is 28.5. The Labute approximate surface area is 123 Å². The van der Waals surface area contributed by atoms with Crippen molar-refractivity contribution >= 4 is 11.9 Å².